The molecule has 1 atom stereocenters. The predicted octanol–water partition coefficient (Wildman–Crippen LogP) is 9.32. The van der Waals surface area contributed by atoms with Crippen molar-refractivity contribution in [1.82, 2.24) is 0 Å². The van der Waals surface area contributed by atoms with E-state index in [9.17, 15) is 5.11 Å². The van der Waals surface area contributed by atoms with Crippen molar-refractivity contribution in [2.75, 3.05) is 5.32 Å². The third kappa shape index (κ3) is 5.65. The van der Waals surface area contributed by atoms with Gasteiger partial charge in [-0.2, -0.15) is 0 Å². The lowest BCUT2D eigenvalue weighted by molar-refractivity contribution is 0.399. The van der Waals surface area contributed by atoms with Crippen molar-refractivity contribution in [3.63, 3.8) is 0 Å². The fourth-order valence-corrected chi connectivity index (χ4v) is 5.96. The molecule has 2 aromatic rings. The number of thioether (sulfide) groups is 1. The molecule has 0 saturated carbocycles. The van der Waals surface area contributed by atoms with Crippen LogP contribution in [0.1, 0.15) is 115 Å². The molecule has 2 nitrogen and oxygen atoms in total. The Balaban J connectivity index is 2.02. The first-order valence-electron chi connectivity index (χ1n) is 12.6. The number of benzene rings is 2. The number of aromatic hydroxyl groups is 1. The van der Waals surface area contributed by atoms with Crippen LogP contribution in [0.25, 0.3) is 0 Å². The summed E-state index contributed by atoms with van der Waals surface area (Å²) in [6.07, 6.45) is 9.70. The van der Waals surface area contributed by atoms with Crippen LogP contribution in [0.3, 0.4) is 0 Å². The molecular weight excluding hydrogens is 410 g/mol. The van der Waals surface area contributed by atoms with E-state index in [2.05, 4.69) is 83.3 Å². The second kappa shape index (κ2) is 10.5. The monoisotopic (exact) mass is 453 g/mol. The van der Waals surface area contributed by atoms with E-state index in [-0.39, 0.29) is 16.2 Å². The van der Waals surface area contributed by atoms with E-state index in [4.69, 9.17) is 0 Å². The van der Waals surface area contributed by atoms with E-state index < -0.39 is 0 Å². The standard InChI is InChI=1S/C29H43NOS/c1-7-9-13-17-28(3,4)21-19-22(27-30-24-15-11-12-16-25(24)32-27)26(31)23(20-21)29(5,6)18-14-10-8-2/h11-12,15-16,19-20,27,30-31H,7-10,13-14,17-18H2,1-6H3. The first kappa shape index (κ1) is 25.0. The Bertz CT molecular complexity index is 877. The minimum Gasteiger partial charge on any atom is -0.507 e. The number of phenols is 1. The third-order valence-corrected chi connectivity index (χ3v) is 8.38. The maximum atomic E-state index is 11.6. The van der Waals surface area contributed by atoms with Gasteiger partial charge in [-0.15, -0.1) is 0 Å². The van der Waals surface area contributed by atoms with E-state index in [0.29, 0.717) is 5.75 Å². The Hall–Kier alpha value is -1.61. The van der Waals surface area contributed by atoms with E-state index in [1.807, 2.05) is 11.8 Å². The van der Waals surface area contributed by atoms with Crippen molar-refractivity contribution >= 4 is 17.4 Å². The Labute approximate surface area is 200 Å². The summed E-state index contributed by atoms with van der Waals surface area (Å²) in [7, 11) is 0. The summed E-state index contributed by atoms with van der Waals surface area (Å²) in [5.74, 6) is 0.484. The molecule has 32 heavy (non-hydrogen) atoms. The number of unbranched alkanes of at least 4 members (excludes halogenated alkanes) is 4. The number of hydrogen-bond donors (Lipinski definition) is 2. The largest absolute Gasteiger partial charge is 0.507 e. The van der Waals surface area contributed by atoms with Gasteiger partial charge in [-0.3, -0.25) is 0 Å². The quantitative estimate of drug-likeness (QED) is 0.332. The molecule has 0 aromatic heterocycles. The molecule has 0 aliphatic carbocycles. The van der Waals surface area contributed by atoms with Crippen LogP contribution in [0.2, 0.25) is 0 Å². The van der Waals surface area contributed by atoms with Crippen LogP contribution in [-0.2, 0) is 10.8 Å². The SMILES string of the molecule is CCCCCC(C)(C)c1cc(C2Nc3ccccc3S2)c(O)c(C(C)(C)CCCCC)c1. The normalized spacial score (nSPS) is 16.1. The molecular formula is C29H43NOS. The van der Waals surface area contributed by atoms with Gasteiger partial charge >= 0.3 is 0 Å². The third-order valence-electron chi connectivity index (χ3n) is 7.16. The smallest absolute Gasteiger partial charge is 0.125 e. The van der Waals surface area contributed by atoms with Crippen LogP contribution in [0, 0.1) is 0 Å². The highest BCUT2D eigenvalue weighted by atomic mass is 32.2. The molecule has 1 heterocycles. The van der Waals surface area contributed by atoms with Crippen LogP contribution in [0.4, 0.5) is 5.69 Å². The summed E-state index contributed by atoms with van der Waals surface area (Å²) in [6, 6.07) is 13.1. The maximum Gasteiger partial charge on any atom is 0.125 e. The molecule has 0 radical (unpaired) electrons. The minimum absolute atomic E-state index is 0.0454. The molecule has 0 bridgehead atoms. The van der Waals surface area contributed by atoms with Crippen molar-refractivity contribution in [1.29, 1.82) is 0 Å². The number of anilines is 1. The average molecular weight is 454 g/mol. The van der Waals surface area contributed by atoms with Crippen molar-refractivity contribution in [3.8, 4) is 5.75 Å². The Morgan fingerprint density at radius 3 is 2.12 bits per heavy atom. The highest BCUT2D eigenvalue weighted by Crippen LogP contribution is 2.51. The van der Waals surface area contributed by atoms with Crippen molar-refractivity contribution < 1.29 is 5.11 Å². The molecule has 1 aliphatic heterocycles. The highest BCUT2D eigenvalue weighted by molar-refractivity contribution is 8.00. The topological polar surface area (TPSA) is 32.3 Å². The molecule has 3 rings (SSSR count). The number of fused-ring (bicyclic) bond motifs is 1. The lowest BCUT2D eigenvalue weighted by Crippen LogP contribution is -2.23. The lowest BCUT2D eigenvalue weighted by atomic mass is 9.73. The fraction of sp³-hybridized carbons (Fsp3) is 0.586. The molecule has 0 saturated heterocycles. The van der Waals surface area contributed by atoms with Gasteiger partial charge in [0.25, 0.3) is 0 Å². The summed E-state index contributed by atoms with van der Waals surface area (Å²) in [5, 5.41) is 15.3. The zero-order chi connectivity index (χ0) is 23.4. The Morgan fingerprint density at radius 1 is 0.875 bits per heavy atom. The van der Waals surface area contributed by atoms with E-state index >= 15 is 0 Å². The minimum atomic E-state index is -0.0559. The second-order valence-corrected chi connectivity index (χ2v) is 11.9. The Kier molecular flexibility index (Phi) is 8.25. The van der Waals surface area contributed by atoms with Gasteiger partial charge in [0.15, 0.2) is 0 Å². The number of rotatable bonds is 11. The molecule has 2 N–H and O–H groups in total. The van der Waals surface area contributed by atoms with Gasteiger partial charge in [-0.1, -0.05) is 110 Å². The van der Waals surface area contributed by atoms with E-state index in [0.717, 1.165) is 17.5 Å². The van der Waals surface area contributed by atoms with Crippen molar-refractivity contribution in [3.05, 3.63) is 53.1 Å². The summed E-state index contributed by atoms with van der Waals surface area (Å²) in [5.41, 5.74) is 4.70. The molecule has 0 spiro atoms. The van der Waals surface area contributed by atoms with Gasteiger partial charge in [0.1, 0.15) is 11.1 Å². The zero-order valence-corrected chi connectivity index (χ0v) is 21.9. The molecule has 0 fully saturated rings. The summed E-state index contributed by atoms with van der Waals surface area (Å²) >= 11 is 1.81. The fourth-order valence-electron chi connectivity index (χ4n) is 4.80. The molecule has 176 valence electrons. The van der Waals surface area contributed by atoms with Gasteiger partial charge in [-0.25, -0.2) is 0 Å². The average Bonchev–Trinajstić information content (AvgIpc) is 3.18. The van der Waals surface area contributed by atoms with Crippen molar-refractivity contribution in [2.45, 2.75) is 114 Å². The first-order chi connectivity index (χ1) is 15.2. The zero-order valence-electron chi connectivity index (χ0n) is 21.1. The number of nitrogens with one attached hydrogen (secondary N) is 1. The first-order valence-corrected chi connectivity index (χ1v) is 13.5. The van der Waals surface area contributed by atoms with Gasteiger partial charge in [0.05, 0.1) is 0 Å². The summed E-state index contributed by atoms with van der Waals surface area (Å²) in [4.78, 5) is 1.26. The summed E-state index contributed by atoms with van der Waals surface area (Å²) < 4.78 is 0. The maximum absolute atomic E-state index is 11.6. The second-order valence-electron chi connectivity index (χ2n) is 10.8. The van der Waals surface area contributed by atoms with Gasteiger partial charge < -0.3 is 10.4 Å². The van der Waals surface area contributed by atoms with Crippen LogP contribution in [0.5, 0.6) is 5.75 Å². The number of hydrogen-bond acceptors (Lipinski definition) is 3. The van der Waals surface area contributed by atoms with Crippen LogP contribution in [0.15, 0.2) is 41.3 Å². The van der Waals surface area contributed by atoms with Crippen LogP contribution >= 0.6 is 11.8 Å². The number of para-hydroxylation sites is 1. The summed E-state index contributed by atoms with van der Waals surface area (Å²) in [6.45, 7) is 13.9. The van der Waals surface area contributed by atoms with Crippen LogP contribution in [-0.4, -0.2) is 5.11 Å². The van der Waals surface area contributed by atoms with E-state index in [1.54, 1.807) is 0 Å². The van der Waals surface area contributed by atoms with Crippen LogP contribution < -0.4 is 5.32 Å². The molecule has 1 unspecified atom stereocenters. The molecule has 3 heteroatoms. The van der Waals surface area contributed by atoms with Gasteiger partial charge in [-0.05, 0) is 47.4 Å². The molecule has 1 aliphatic rings. The van der Waals surface area contributed by atoms with E-state index in [1.165, 1.54) is 61.1 Å². The lowest BCUT2D eigenvalue weighted by Gasteiger charge is -2.33. The van der Waals surface area contributed by atoms with Gasteiger partial charge in [0.2, 0.25) is 0 Å². The predicted molar refractivity (Wildman–Crippen MR) is 141 cm³/mol. The molecule has 0 amide bonds. The highest BCUT2D eigenvalue weighted by Gasteiger charge is 2.33. The van der Waals surface area contributed by atoms with Gasteiger partial charge in [0, 0.05) is 21.7 Å². The molecule has 2 aromatic carbocycles. The number of phenolic OH excluding ortho intramolecular Hbond substituents is 1. The Morgan fingerprint density at radius 2 is 1.50 bits per heavy atom. The van der Waals surface area contributed by atoms with Crippen molar-refractivity contribution in [2.24, 2.45) is 0 Å².